The van der Waals surface area contributed by atoms with Crippen molar-refractivity contribution in [3.05, 3.63) is 84.0 Å². The van der Waals surface area contributed by atoms with Crippen LogP contribution in [0.4, 0.5) is 0 Å². The minimum Gasteiger partial charge on any atom is -0.494 e. The number of benzene rings is 2. The number of aliphatic carboxylic acids is 1. The number of nitrogens with zero attached hydrogens (tertiary/aromatic N) is 1. The van der Waals surface area contributed by atoms with E-state index in [2.05, 4.69) is 6.07 Å². The van der Waals surface area contributed by atoms with Crippen molar-refractivity contribution in [3.8, 4) is 11.8 Å². The number of hydrogen-bond donors (Lipinski definition) is 1. The van der Waals surface area contributed by atoms with Crippen LogP contribution in [0, 0.1) is 11.3 Å². The summed E-state index contributed by atoms with van der Waals surface area (Å²) in [5.41, 5.74) is 2.13. The van der Waals surface area contributed by atoms with Gasteiger partial charge < -0.3 is 19.3 Å². The molecule has 1 aliphatic rings. The average molecular weight is 434 g/mol. The quantitative estimate of drug-likeness (QED) is 0.528. The summed E-state index contributed by atoms with van der Waals surface area (Å²) < 4.78 is 16.6. The van der Waals surface area contributed by atoms with E-state index < -0.39 is 17.7 Å². The molecule has 6 heteroatoms. The first kappa shape index (κ1) is 23.3. The van der Waals surface area contributed by atoms with Crippen LogP contribution in [0.3, 0.4) is 0 Å². The Kier molecular flexibility index (Phi) is 8.20. The predicted octanol–water partition coefficient (Wildman–Crippen LogP) is 4.42. The summed E-state index contributed by atoms with van der Waals surface area (Å²) in [7, 11) is 1.39. The second-order valence-electron chi connectivity index (χ2n) is 7.53. The predicted molar refractivity (Wildman–Crippen MR) is 121 cm³/mol. The molecule has 3 rings (SSSR count). The van der Waals surface area contributed by atoms with Gasteiger partial charge in [-0.25, -0.2) is 4.79 Å². The Balaban J connectivity index is 1.41. The molecule has 0 radical (unpaired) electrons. The molecule has 2 atom stereocenters. The van der Waals surface area contributed by atoms with E-state index in [0.717, 1.165) is 16.7 Å². The molecule has 0 aromatic heterocycles. The monoisotopic (exact) mass is 433 g/mol. The summed E-state index contributed by atoms with van der Waals surface area (Å²) in [6.07, 6.45) is 6.39. The Hall–Kier alpha value is -3.40. The maximum atomic E-state index is 11.1. The molecule has 0 saturated heterocycles. The normalized spacial score (nSPS) is 18.4. The second kappa shape index (κ2) is 11.3. The van der Waals surface area contributed by atoms with E-state index >= 15 is 0 Å². The standard InChI is InChI=1S/C26H27NO5/c1-30-24(25(28)29)18-20-8-10-23(11-9-20)31-16-5-17-32-26(19-27)14-12-22(13-15-26)21-6-3-2-4-7-21/h2-4,6-14,24H,5,15-18H2,1H3,(H,28,29)/t24-,26?/m0/s1. The lowest BCUT2D eigenvalue weighted by atomic mass is 9.90. The molecule has 1 aliphatic carbocycles. The van der Waals surface area contributed by atoms with Gasteiger partial charge in [-0.15, -0.1) is 0 Å². The molecule has 0 fully saturated rings. The number of ether oxygens (including phenoxy) is 3. The van der Waals surface area contributed by atoms with E-state index in [1.54, 1.807) is 12.1 Å². The van der Waals surface area contributed by atoms with Gasteiger partial charge in [0, 0.05) is 26.4 Å². The number of allylic oxidation sites excluding steroid dienone is 2. The minimum absolute atomic E-state index is 0.296. The Morgan fingerprint density at radius 2 is 1.91 bits per heavy atom. The van der Waals surface area contributed by atoms with Crippen molar-refractivity contribution in [2.45, 2.75) is 31.0 Å². The summed E-state index contributed by atoms with van der Waals surface area (Å²) in [6.45, 7) is 0.851. The fraction of sp³-hybridized carbons (Fsp3) is 0.308. The Morgan fingerprint density at radius 3 is 2.50 bits per heavy atom. The van der Waals surface area contributed by atoms with Crippen LogP contribution in [0.25, 0.3) is 5.57 Å². The maximum Gasteiger partial charge on any atom is 0.333 e. The third-order valence-electron chi connectivity index (χ3n) is 5.28. The summed E-state index contributed by atoms with van der Waals surface area (Å²) in [4.78, 5) is 11.1. The van der Waals surface area contributed by atoms with Gasteiger partial charge >= 0.3 is 5.97 Å². The number of carboxylic acid groups (broad SMARTS) is 1. The zero-order valence-corrected chi connectivity index (χ0v) is 18.1. The highest BCUT2D eigenvalue weighted by atomic mass is 16.5. The molecule has 1 unspecified atom stereocenters. The van der Waals surface area contributed by atoms with Crippen molar-refractivity contribution in [1.82, 2.24) is 0 Å². The fourth-order valence-corrected chi connectivity index (χ4v) is 3.40. The molecule has 32 heavy (non-hydrogen) atoms. The van der Waals surface area contributed by atoms with E-state index in [4.69, 9.17) is 19.3 Å². The summed E-state index contributed by atoms with van der Waals surface area (Å²) >= 11 is 0. The molecule has 0 spiro atoms. The van der Waals surface area contributed by atoms with Crippen LogP contribution in [-0.2, 0) is 20.7 Å². The van der Waals surface area contributed by atoms with Gasteiger partial charge in [-0.2, -0.15) is 5.26 Å². The molecule has 1 N–H and O–H groups in total. The zero-order valence-electron chi connectivity index (χ0n) is 18.1. The number of rotatable bonds is 11. The van der Waals surface area contributed by atoms with Crippen LogP contribution >= 0.6 is 0 Å². The van der Waals surface area contributed by atoms with Crippen LogP contribution in [0.1, 0.15) is 24.0 Å². The molecule has 6 nitrogen and oxygen atoms in total. The van der Waals surface area contributed by atoms with Gasteiger partial charge in [-0.3, -0.25) is 0 Å². The minimum atomic E-state index is -0.984. The average Bonchev–Trinajstić information content (AvgIpc) is 2.84. The van der Waals surface area contributed by atoms with Crippen LogP contribution < -0.4 is 4.74 Å². The Labute approximate surface area is 188 Å². The van der Waals surface area contributed by atoms with Gasteiger partial charge in [-0.1, -0.05) is 54.6 Å². The largest absolute Gasteiger partial charge is 0.494 e. The number of hydrogen-bond acceptors (Lipinski definition) is 5. The van der Waals surface area contributed by atoms with E-state index in [0.29, 0.717) is 38.2 Å². The molecule has 0 amide bonds. The molecule has 0 saturated carbocycles. The van der Waals surface area contributed by atoms with Crippen molar-refractivity contribution < 1.29 is 24.1 Å². The Bertz CT molecular complexity index is 991. The lowest BCUT2D eigenvalue weighted by Gasteiger charge is -2.25. The van der Waals surface area contributed by atoms with Gasteiger partial charge in [0.2, 0.25) is 0 Å². The van der Waals surface area contributed by atoms with E-state index in [9.17, 15) is 10.1 Å². The molecule has 166 valence electrons. The van der Waals surface area contributed by atoms with Crippen molar-refractivity contribution in [3.63, 3.8) is 0 Å². The molecule has 0 bridgehead atoms. The van der Waals surface area contributed by atoms with Crippen LogP contribution in [0.5, 0.6) is 5.75 Å². The number of carbonyl (C=O) groups is 1. The number of methoxy groups -OCH3 is 1. The number of nitriles is 1. The van der Waals surface area contributed by atoms with Gasteiger partial charge in [0.25, 0.3) is 0 Å². The van der Waals surface area contributed by atoms with Gasteiger partial charge in [0.05, 0.1) is 13.2 Å². The SMILES string of the molecule is CO[C@@H](Cc1ccc(OCCCOC2(C#N)C=CC(c3ccccc3)=CC2)cc1)C(=O)O. The highest BCUT2D eigenvalue weighted by molar-refractivity contribution is 5.75. The van der Waals surface area contributed by atoms with E-state index in [-0.39, 0.29) is 0 Å². The first-order valence-electron chi connectivity index (χ1n) is 10.5. The molecular weight excluding hydrogens is 406 g/mol. The van der Waals surface area contributed by atoms with Crippen molar-refractivity contribution in [2.24, 2.45) is 0 Å². The maximum absolute atomic E-state index is 11.1. The van der Waals surface area contributed by atoms with Crippen molar-refractivity contribution in [1.29, 1.82) is 5.26 Å². The van der Waals surface area contributed by atoms with Crippen LogP contribution in [-0.4, -0.2) is 43.1 Å². The number of carboxylic acids is 1. The molecule has 2 aromatic rings. The second-order valence-corrected chi connectivity index (χ2v) is 7.53. The lowest BCUT2D eigenvalue weighted by Crippen LogP contribution is -2.30. The summed E-state index contributed by atoms with van der Waals surface area (Å²) in [5, 5.41) is 18.7. The first-order valence-corrected chi connectivity index (χ1v) is 10.5. The van der Waals surface area contributed by atoms with Crippen molar-refractivity contribution >= 4 is 11.5 Å². The smallest absolute Gasteiger partial charge is 0.333 e. The topological polar surface area (TPSA) is 88.8 Å². The molecule has 0 aliphatic heterocycles. The van der Waals surface area contributed by atoms with Gasteiger partial charge in [-0.05, 0) is 34.9 Å². The van der Waals surface area contributed by atoms with Crippen LogP contribution in [0.15, 0.2) is 72.8 Å². The molecule has 0 heterocycles. The van der Waals surface area contributed by atoms with Gasteiger partial charge in [0.15, 0.2) is 11.7 Å². The fourth-order valence-electron chi connectivity index (χ4n) is 3.40. The van der Waals surface area contributed by atoms with Gasteiger partial charge in [0.1, 0.15) is 11.8 Å². The zero-order chi connectivity index (χ0) is 22.8. The third-order valence-corrected chi connectivity index (χ3v) is 5.28. The van der Waals surface area contributed by atoms with Crippen LogP contribution in [0.2, 0.25) is 0 Å². The lowest BCUT2D eigenvalue weighted by molar-refractivity contribution is -0.148. The molecular formula is C26H27NO5. The summed E-state index contributed by atoms with van der Waals surface area (Å²) in [6, 6.07) is 19.6. The highest BCUT2D eigenvalue weighted by Gasteiger charge is 2.29. The molecule has 2 aromatic carbocycles. The van der Waals surface area contributed by atoms with E-state index in [1.165, 1.54) is 7.11 Å². The first-order chi connectivity index (χ1) is 15.5. The Morgan fingerprint density at radius 1 is 1.16 bits per heavy atom. The highest BCUT2D eigenvalue weighted by Crippen LogP contribution is 2.29. The summed E-state index contributed by atoms with van der Waals surface area (Å²) in [5.74, 6) is -0.288. The third kappa shape index (κ3) is 6.30. The van der Waals surface area contributed by atoms with E-state index in [1.807, 2.05) is 60.7 Å². The van der Waals surface area contributed by atoms with Crippen molar-refractivity contribution in [2.75, 3.05) is 20.3 Å².